The molecule has 108 valence electrons. The minimum Gasteiger partial charge on any atom is -0.382 e. The molecule has 0 aliphatic carbocycles. The Morgan fingerprint density at radius 1 is 1.14 bits per heavy atom. The number of aliphatic hydroxyl groups excluding tert-OH is 1. The second-order valence-electron chi connectivity index (χ2n) is 5.27. The number of pyridine rings is 1. The van der Waals surface area contributed by atoms with E-state index in [1.165, 1.54) is 0 Å². The minimum absolute atomic E-state index is 0.116. The third-order valence-electron chi connectivity index (χ3n) is 3.53. The maximum absolute atomic E-state index is 10.8. The molecule has 2 aromatic heterocycles. The van der Waals surface area contributed by atoms with Gasteiger partial charge < -0.3 is 5.11 Å². The van der Waals surface area contributed by atoms with E-state index in [0.717, 1.165) is 16.3 Å². The highest BCUT2D eigenvalue weighted by molar-refractivity contribution is 6.31. The molecule has 0 saturated carbocycles. The first-order valence-electron chi connectivity index (χ1n) is 6.83. The summed E-state index contributed by atoms with van der Waals surface area (Å²) in [5.74, 6) is 0. The highest BCUT2D eigenvalue weighted by Gasteiger charge is 2.23. The zero-order chi connectivity index (χ0) is 15.0. The van der Waals surface area contributed by atoms with Gasteiger partial charge in [-0.15, -0.1) is 0 Å². The molecule has 0 bridgehead atoms. The Hall–Kier alpha value is -1.91. The van der Waals surface area contributed by atoms with Crippen molar-refractivity contribution in [1.29, 1.82) is 0 Å². The Kier molecular flexibility index (Phi) is 3.66. The van der Waals surface area contributed by atoms with Crippen LogP contribution in [0.4, 0.5) is 0 Å². The summed E-state index contributed by atoms with van der Waals surface area (Å²) < 4.78 is 1.74. The number of hydrogen-bond acceptors (Lipinski definition) is 3. The highest BCUT2D eigenvalue weighted by Crippen LogP contribution is 2.33. The van der Waals surface area contributed by atoms with Crippen LogP contribution in [0.1, 0.15) is 37.3 Å². The number of fused-ring (bicyclic) bond motifs is 1. The summed E-state index contributed by atoms with van der Waals surface area (Å²) in [4.78, 5) is 4.22. The lowest BCUT2D eigenvalue weighted by molar-refractivity contribution is 0.206. The van der Waals surface area contributed by atoms with Crippen molar-refractivity contribution in [3.05, 3.63) is 59.1 Å². The first kappa shape index (κ1) is 14.0. The van der Waals surface area contributed by atoms with Crippen molar-refractivity contribution in [3.63, 3.8) is 0 Å². The lowest BCUT2D eigenvalue weighted by atomic mass is 10.0. The first-order chi connectivity index (χ1) is 10.1. The van der Waals surface area contributed by atoms with Gasteiger partial charge in [0.25, 0.3) is 0 Å². The molecule has 0 saturated heterocycles. The van der Waals surface area contributed by atoms with Crippen LogP contribution in [0, 0.1) is 0 Å². The molecule has 1 aromatic carbocycles. The summed E-state index contributed by atoms with van der Waals surface area (Å²) in [6.45, 7) is 4.00. The van der Waals surface area contributed by atoms with Gasteiger partial charge in [-0.2, -0.15) is 5.10 Å². The summed E-state index contributed by atoms with van der Waals surface area (Å²) in [7, 11) is 0. The van der Waals surface area contributed by atoms with Gasteiger partial charge in [-0.25, -0.2) is 0 Å². The third-order valence-corrected chi connectivity index (χ3v) is 3.82. The van der Waals surface area contributed by atoms with Crippen LogP contribution in [0.5, 0.6) is 0 Å². The number of hydrogen-bond donors (Lipinski definition) is 1. The molecule has 0 amide bonds. The number of nitrogens with zero attached hydrogens (tertiary/aromatic N) is 3. The highest BCUT2D eigenvalue weighted by atomic mass is 35.5. The van der Waals surface area contributed by atoms with Crippen molar-refractivity contribution in [2.75, 3.05) is 0 Å². The molecule has 3 rings (SSSR count). The van der Waals surface area contributed by atoms with Crippen LogP contribution >= 0.6 is 11.6 Å². The van der Waals surface area contributed by atoms with Crippen LogP contribution < -0.4 is 0 Å². The van der Waals surface area contributed by atoms with Gasteiger partial charge in [0.15, 0.2) is 0 Å². The van der Waals surface area contributed by atoms with E-state index in [4.69, 9.17) is 11.6 Å². The summed E-state index contributed by atoms with van der Waals surface area (Å²) in [6.07, 6.45) is 4.17. The maximum Gasteiger partial charge on any atom is 0.124 e. The van der Waals surface area contributed by atoms with Crippen molar-refractivity contribution >= 4 is 22.4 Å². The second-order valence-corrected chi connectivity index (χ2v) is 5.68. The molecule has 4 nitrogen and oxygen atoms in total. The van der Waals surface area contributed by atoms with Crippen LogP contribution in [-0.4, -0.2) is 19.9 Å². The molecule has 0 radical (unpaired) electrons. The van der Waals surface area contributed by atoms with Crippen molar-refractivity contribution < 1.29 is 5.11 Å². The van der Waals surface area contributed by atoms with Gasteiger partial charge in [-0.1, -0.05) is 35.9 Å². The van der Waals surface area contributed by atoms with E-state index in [1.54, 1.807) is 23.3 Å². The molecule has 1 atom stereocenters. The summed E-state index contributed by atoms with van der Waals surface area (Å²) in [6, 6.07) is 7.95. The van der Waals surface area contributed by atoms with Gasteiger partial charge in [0.1, 0.15) is 6.10 Å². The zero-order valence-corrected chi connectivity index (χ0v) is 12.6. The molecule has 3 aromatic rings. The molecule has 5 heteroatoms. The Labute approximate surface area is 128 Å². The number of rotatable bonds is 3. The lowest BCUT2D eigenvalue weighted by Gasteiger charge is -2.18. The molecule has 0 fully saturated rings. The Morgan fingerprint density at radius 3 is 2.67 bits per heavy atom. The van der Waals surface area contributed by atoms with Crippen molar-refractivity contribution in [2.45, 2.75) is 26.0 Å². The van der Waals surface area contributed by atoms with E-state index >= 15 is 0 Å². The smallest absolute Gasteiger partial charge is 0.124 e. The van der Waals surface area contributed by atoms with Crippen LogP contribution in [0.15, 0.2) is 42.9 Å². The fraction of sp³-hybridized carbons (Fsp3) is 0.250. The maximum atomic E-state index is 10.8. The largest absolute Gasteiger partial charge is 0.382 e. The molecular formula is C16H16ClN3O. The SMILES string of the molecule is CC(C)n1ncc(Cl)c1C(O)c1cncc2ccccc12. The zero-order valence-electron chi connectivity index (χ0n) is 11.9. The number of halogens is 1. The van der Waals surface area contributed by atoms with Crippen molar-refractivity contribution in [1.82, 2.24) is 14.8 Å². The van der Waals surface area contributed by atoms with Gasteiger partial charge in [-0.05, 0) is 19.2 Å². The van der Waals surface area contributed by atoms with E-state index in [2.05, 4.69) is 10.1 Å². The van der Waals surface area contributed by atoms with Gasteiger partial charge >= 0.3 is 0 Å². The summed E-state index contributed by atoms with van der Waals surface area (Å²) in [5, 5.41) is 17.5. The molecule has 0 aliphatic rings. The number of aliphatic hydroxyl groups is 1. The Bertz CT molecular complexity index is 777. The normalized spacial score (nSPS) is 13.0. The van der Waals surface area contributed by atoms with E-state index in [9.17, 15) is 5.11 Å². The van der Waals surface area contributed by atoms with Crippen LogP contribution in [0.25, 0.3) is 10.8 Å². The third kappa shape index (κ3) is 2.41. The van der Waals surface area contributed by atoms with Crippen LogP contribution in [0.3, 0.4) is 0 Å². The monoisotopic (exact) mass is 301 g/mol. The topological polar surface area (TPSA) is 50.9 Å². The summed E-state index contributed by atoms with van der Waals surface area (Å²) in [5.41, 5.74) is 1.34. The van der Waals surface area contributed by atoms with E-state index in [1.807, 2.05) is 38.1 Å². The molecule has 2 heterocycles. The molecule has 21 heavy (non-hydrogen) atoms. The van der Waals surface area contributed by atoms with Gasteiger partial charge in [0.2, 0.25) is 0 Å². The predicted octanol–water partition coefficient (Wildman–Crippen LogP) is 3.75. The van der Waals surface area contributed by atoms with E-state index < -0.39 is 6.10 Å². The molecule has 0 aliphatic heterocycles. The van der Waals surface area contributed by atoms with Crippen molar-refractivity contribution in [3.8, 4) is 0 Å². The van der Waals surface area contributed by atoms with Crippen molar-refractivity contribution in [2.24, 2.45) is 0 Å². The fourth-order valence-electron chi connectivity index (χ4n) is 2.52. The van der Waals surface area contributed by atoms with Gasteiger partial charge in [0.05, 0.1) is 16.9 Å². The average molecular weight is 302 g/mol. The fourth-order valence-corrected chi connectivity index (χ4v) is 2.76. The molecule has 0 spiro atoms. The minimum atomic E-state index is -0.860. The predicted molar refractivity (Wildman–Crippen MR) is 83.4 cm³/mol. The number of benzene rings is 1. The summed E-state index contributed by atoms with van der Waals surface area (Å²) >= 11 is 6.22. The van der Waals surface area contributed by atoms with Crippen LogP contribution in [-0.2, 0) is 0 Å². The standard InChI is InChI=1S/C16H16ClN3O/c1-10(2)20-15(14(17)9-19-20)16(21)13-8-18-7-11-5-3-4-6-12(11)13/h3-10,16,21H,1-2H3. The quantitative estimate of drug-likeness (QED) is 0.801. The molecule has 1 unspecified atom stereocenters. The Balaban J connectivity index is 2.17. The van der Waals surface area contributed by atoms with E-state index in [0.29, 0.717) is 10.7 Å². The molecule has 1 N–H and O–H groups in total. The van der Waals surface area contributed by atoms with E-state index in [-0.39, 0.29) is 6.04 Å². The average Bonchev–Trinajstić information content (AvgIpc) is 2.88. The Morgan fingerprint density at radius 2 is 1.90 bits per heavy atom. The van der Waals surface area contributed by atoms with Gasteiger partial charge in [-0.3, -0.25) is 9.67 Å². The first-order valence-corrected chi connectivity index (χ1v) is 7.21. The second kappa shape index (κ2) is 5.47. The van der Waals surface area contributed by atoms with Gasteiger partial charge in [0, 0.05) is 29.4 Å². The number of aromatic nitrogens is 3. The molecular weight excluding hydrogens is 286 g/mol. The lowest BCUT2D eigenvalue weighted by Crippen LogP contribution is -2.13. The van der Waals surface area contributed by atoms with Crippen LogP contribution in [0.2, 0.25) is 5.02 Å².